The molecule has 0 unspecified atom stereocenters. The highest BCUT2D eigenvalue weighted by Gasteiger charge is 2.53. The molecule has 9 heavy (non-hydrogen) atoms. The second-order valence-electron chi connectivity index (χ2n) is 2.99. The van der Waals surface area contributed by atoms with Crippen molar-refractivity contribution in [3.63, 3.8) is 0 Å². The van der Waals surface area contributed by atoms with Gasteiger partial charge in [-0.1, -0.05) is 0 Å². The molecule has 0 amide bonds. The summed E-state index contributed by atoms with van der Waals surface area (Å²) in [7, 11) is 0. The minimum absolute atomic E-state index is 0.172. The summed E-state index contributed by atoms with van der Waals surface area (Å²) < 4.78 is 15.8. The first-order chi connectivity index (χ1) is 4.12. The van der Waals surface area contributed by atoms with E-state index < -0.39 is 5.97 Å². The number of fused-ring (bicyclic) bond motifs is 2. The molecule has 0 spiro atoms. The highest BCUT2D eigenvalue weighted by Crippen LogP contribution is 2.38. The first-order valence-electron chi connectivity index (χ1n) is 3.10. The van der Waals surface area contributed by atoms with E-state index in [2.05, 4.69) is 0 Å². The lowest BCUT2D eigenvalue weighted by molar-refractivity contribution is -0.284. The van der Waals surface area contributed by atoms with E-state index in [4.69, 9.17) is 14.2 Å². The van der Waals surface area contributed by atoms with Gasteiger partial charge < -0.3 is 14.2 Å². The normalized spacial score (nSPS) is 56.7. The van der Waals surface area contributed by atoms with E-state index in [0.717, 1.165) is 0 Å². The molecule has 52 valence electrons. The lowest BCUT2D eigenvalue weighted by Crippen LogP contribution is -2.31. The Morgan fingerprint density at radius 1 is 1.11 bits per heavy atom. The molecule has 2 bridgehead atoms. The van der Waals surface area contributed by atoms with Gasteiger partial charge in [-0.3, -0.25) is 0 Å². The van der Waals surface area contributed by atoms with Crippen LogP contribution >= 0.6 is 0 Å². The van der Waals surface area contributed by atoms with E-state index in [9.17, 15) is 0 Å². The average Bonchev–Trinajstić information content (AvgIpc) is 2.19. The van der Waals surface area contributed by atoms with Gasteiger partial charge in [-0.25, -0.2) is 0 Å². The molecule has 0 radical (unpaired) electrons. The van der Waals surface area contributed by atoms with Crippen molar-refractivity contribution >= 4 is 0 Å². The number of rotatable bonds is 0. The van der Waals surface area contributed by atoms with Crippen molar-refractivity contribution in [1.29, 1.82) is 0 Å². The molecule has 0 aromatic heterocycles. The Morgan fingerprint density at radius 3 is 1.78 bits per heavy atom. The molecule has 0 aromatic carbocycles. The maximum atomic E-state index is 5.40. The number of hydrogen-bond donors (Lipinski definition) is 0. The Morgan fingerprint density at radius 2 is 1.67 bits per heavy atom. The fourth-order valence-electron chi connectivity index (χ4n) is 1.22. The molecule has 0 aromatic rings. The Hall–Kier alpha value is -0.120. The molecule has 2 aliphatic heterocycles. The SMILES string of the molecule is CC12COC(C)(OC1)O2. The maximum Gasteiger partial charge on any atom is 0.280 e. The van der Waals surface area contributed by atoms with Crippen molar-refractivity contribution in [3.05, 3.63) is 0 Å². The highest BCUT2D eigenvalue weighted by molar-refractivity contribution is 4.87. The topological polar surface area (TPSA) is 27.7 Å². The van der Waals surface area contributed by atoms with Crippen molar-refractivity contribution in [2.45, 2.75) is 25.4 Å². The van der Waals surface area contributed by atoms with Crippen LogP contribution in [0.5, 0.6) is 0 Å². The summed E-state index contributed by atoms with van der Waals surface area (Å²) in [6.07, 6.45) is 0. The summed E-state index contributed by atoms with van der Waals surface area (Å²) in [4.78, 5) is 0. The van der Waals surface area contributed by atoms with E-state index in [1.165, 1.54) is 0 Å². The van der Waals surface area contributed by atoms with Crippen LogP contribution in [0.1, 0.15) is 13.8 Å². The van der Waals surface area contributed by atoms with Gasteiger partial charge >= 0.3 is 0 Å². The third-order valence-corrected chi connectivity index (χ3v) is 1.71. The first-order valence-corrected chi connectivity index (χ1v) is 3.10. The summed E-state index contributed by atoms with van der Waals surface area (Å²) in [6.45, 7) is 5.10. The summed E-state index contributed by atoms with van der Waals surface area (Å²) >= 11 is 0. The third-order valence-electron chi connectivity index (χ3n) is 1.71. The van der Waals surface area contributed by atoms with Crippen LogP contribution in [0.3, 0.4) is 0 Å². The molecular weight excluding hydrogens is 120 g/mol. The van der Waals surface area contributed by atoms with Gasteiger partial charge in [-0.05, 0) is 6.92 Å². The predicted molar refractivity (Wildman–Crippen MR) is 29.8 cm³/mol. The standard InChI is InChI=1S/C6H10O3/c1-5-3-7-6(2,9-5)8-4-5/h3-4H2,1-2H3. The van der Waals surface area contributed by atoms with Crippen molar-refractivity contribution in [3.8, 4) is 0 Å². The van der Waals surface area contributed by atoms with E-state index in [-0.39, 0.29) is 5.60 Å². The van der Waals surface area contributed by atoms with E-state index in [1.807, 2.05) is 6.92 Å². The zero-order chi connectivity index (χ0) is 6.54. The molecule has 0 saturated carbocycles. The average molecular weight is 130 g/mol. The van der Waals surface area contributed by atoms with Gasteiger partial charge in [-0.15, -0.1) is 0 Å². The van der Waals surface area contributed by atoms with Gasteiger partial charge in [0.2, 0.25) is 0 Å². The molecular formula is C6H10O3. The largest absolute Gasteiger partial charge is 0.325 e. The fraction of sp³-hybridized carbons (Fsp3) is 1.00. The molecule has 2 heterocycles. The monoisotopic (exact) mass is 130 g/mol. The van der Waals surface area contributed by atoms with Gasteiger partial charge in [0.15, 0.2) is 0 Å². The Labute approximate surface area is 53.9 Å². The van der Waals surface area contributed by atoms with Gasteiger partial charge in [0, 0.05) is 6.92 Å². The minimum Gasteiger partial charge on any atom is -0.325 e. The van der Waals surface area contributed by atoms with Crippen LogP contribution < -0.4 is 0 Å². The van der Waals surface area contributed by atoms with Crippen LogP contribution in [0.25, 0.3) is 0 Å². The lowest BCUT2D eigenvalue weighted by atomic mass is 10.1. The Kier molecular flexibility index (Phi) is 0.822. The Balaban J connectivity index is 2.25. The molecule has 2 rings (SSSR count). The van der Waals surface area contributed by atoms with Gasteiger partial charge in [0.25, 0.3) is 5.97 Å². The van der Waals surface area contributed by atoms with Gasteiger partial charge in [0.05, 0.1) is 13.2 Å². The van der Waals surface area contributed by atoms with Gasteiger partial charge in [0.1, 0.15) is 5.60 Å². The fourth-order valence-corrected chi connectivity index (χ4v) is 1.22. The van der Waals surface area contributed by atoms with Crippen LogP contribution in [0.15, 0.2) is 0 Å². The number of ether oxygens (including phenoxy) is 3. The number of hydrogen-bond acceptors (Lipinski definition) is 3. The van der Waals surface area contributed by atoms with Crippen LogP contribution in [0.2, 0.25) is 0 Å². The lowest BCUT2D eigenvalue weighted by Gasteiger charge is -2.18. The summed E-state index contributed by atoms with van der Waals surface area (Å²) in [6, 6.07) is 0. The van der Waals surface area contributed by atoms with Crippen molar-refractivity contribution < 1.29 is 14.2 Å². The van der Waals surface area contributed by atoms with Crippen molar-refractivity contribution in [1.82, 2.24) is 0 Å². The minimum atomic E-state index is -0.727. The molecule has 3 heteroatoms. The van der Waals surface area contributed by atoms with Crippen molar-refractivity contribution in [2.24, 2.45) is 0 Å². The van der Waals surface area contributed by atoms with Gasteiger partial charge in [-0.2, -0.15) is 0 Å². The zero-order valence-corrected chi connectivity index (χ0v) is 5.64. The smallest absolute Gasteiger partial charge is 0.280 e. The van der Waals surface area contributed by atoms with E-state index in [1.54, 1.807) is 6.92 Å². The second kappa shape index (κ2) is 1.31. The molecule has 0 atom stereocenters. The first kappa shape index (κ1) is 5.65. The second-order valence-corrected chi connectivity index (χ2v) is 2.99. The molecule has 0 N–H and O–H groups in total. The molecule has 2 aliphatic rings. The van der Waals surface area contributed by atoms with E-state index in [0.29, 0.717) is 13.2 Å². The van der Waals surface area contributed by atoms with Crippen LogP contribution in [-0.2, 0) is 14.2 Å². The van der Waals surface area contributed by atoms with Crippen molar-refractivity contribution in [2.75, 3.05) is 13.2 Å². The summed E-state index contributed by atoms with van der Waals surface area (Å²) in [5.41, 5.74) is -0.172. The van der Waals surface area contributed by atoms with Crippen LogP contribution in [0, 0.1) is 0 Å². The molecule has 2 saturated heterocycles. The quantitative estimate of drug-likeness (QED) is 0.477. The summed E-state index contributed by atoms with van der Waals surface area (Å²) in [5.74, 6) is -0.727. The zero-order valence-electron chi connectivity index (χ0n) is 5.64. The molecule has 3 nitrogen and oxygen atoms in total. The summed E-state index contributed by atoms with van der Waals surface area (Å²) in [5, 5.41) is 0. The molecule has 2 fully saturated rings. The van der Waals surface area contributed by atoms with Crippen LogP contribution in [0.4, 0.5) is 0 Å². The van der Waals surface area contributed by atoms with E-state index >= 15 is 0 Å². The molecule has 0 aliphatic carbocycles. The maximum absolute atomic E-state index is 5.40. The van der Waals surface area contributed by atoms with Crippen LogP contribution in [-0.4, -0.2) is 24.8 Å². The third kappa shape index (κ3) is 0.689. The predicted octanol–water partition coefficient (Wildman–Crippen LogP) is 0.496. The highest BCUT2D eigenvalue weighted by atomic mass is 16.9. The Bertz CT molecular complexity index is 119.